The van der Waals surface area contributed by atoms with Crippen molar-refractivity contribution in [3.05, 3.63) is 29.3 Å². The molecule has 19 heavy (non-hydrogen) atoms. The zero-order valence-electron chi connectivity index (χ0n) is 11.4. The third-order valence-corrected chi connectivity index (χ3v) is 3.76. The number of thioether (sulfide) groups is 1. The number of rotatable bonds is 6. The molecule has 0 heterocycles. The Kier molecular flexibility index (Phi) is 5.89. The van der Waals surface area contributed by atoms with Crippen molar-refractivity contribution >= 4 is 23.6 Å². The van der Waals surface area contributed by atoms with Gasteiger partial charge in [-0.05, 0) is 44.0 Å². The van der Waals surface area contributed by atoms with E-state index in [9.17, 15) is 9.59 Å². The first-order valence-electron chi connectivity index (χ1n) is 6.09. The van der Waals surface area contributed by atoms with E-state index in [-0.39, 0.29) is 6.42 Å². The fraction of sp³-hybridized carbons (Fsp3) is 0.429. The van der Waals surface area contributed by atoms with Crippen molar-refractivity contribution in [1.82, 2.24) is 0 Å². The molecule has 4 nitrogen and oxygen atoms in total. The summed E-state index contributed by atoms with van der Waals surface area (Å²) in [7, 11) is 0. The van der Waals surface area contributed by atoms with Crippen LogP contribution in [-0.4, -0.2) is 23.7 Å². The number of primary amides is 1. The molecule has 0 aromatic heterocycles. The number of nitrogens with two attached hydrogens (primary N) is 1. The summed E-state index contributed by atoms with van der Waals surface area (Å²) in [5.74, 6) is -0.412. The second kappa shape index (κ2) is 7.19. The fourth-order valence-corrected chi connectivity index (χ4v) is 2.30. The summed E-state index contributed by atoms with van der Waals surface area (Å²) < 4.78 is 4.87. The van der Waals surface area contributed by atoms with Gasteiger partial charge in [0.05, 0.1) is 6.42 Å². The Bertz CT molecular complexity index is 474. The number of carbonyl (C=O) groups is 2. The first-order valence-corrected chi connectivity index (χ1v) is 7.07. The molecule has 0 bridgehead atoms. The molecule has 0 radical (unpaired) electrons. The molecule has 5 heteroatoms. The molecular formula is C14H19NO3S. The summed E-state index contributed by atoms with van der Waals surface area (Å²) in [6, 6.07) is 6.19. The Morgan fingerprint density at radius 1 is 1.32 bits per heavy atom. The maximum atomic E-state index is 11.4. The van der Waals surface area contributed by atoms with Crippen molar-refractivity contribution in [3.8, 4) is 0 Å². The molecule has 0 aliphatic heterocycles. The number of benzene rings is 1. The van der Waals surface area contributed by atoms with Crippen molar-refractivity contribution in [1.29, 1.82) is 0 Å². The predicted octanol–water partition coefficient (Wildman–Crippen LogP) is 2.20. The van der Waals surface area contributed by atoms with Gasteiger partial charge in [0.1, 0.15) is 0 Å². The molecule has 2 N–H and O–H groups in total. The Labute approximate surface area is 117 Å². The highest BCUT2D eigenvalue weighted by Gasteiger charge is 2.14. The van der Waals surface area contributed by atoms with E-state index in [1.165, 1.54) is 18.1 Å². The van der Waals surface area contributed by atoms with Gasteiger partial charge < -0.3 is 10.5 Å². The van der Waals surface area contributed by atoms with Gasteiger partial charge in [0.2, 0.25) is 0 Å². The van der Waals surface area contributed by atoms with Gasteiger partial charge in [0.25, 0.3) is 5.91 Å². The lowest BCUT2D eigenvalue weighted by Gasteiger charge is -2.09. The number of esters is 1. The summed E-state index contributed by atoms with van der Waals surface area (Å²) in [6.07, 6.45) is -0.603. The van der Waals surface area contributed by atoms with Gasteiger partial charge in [-0.3, -0.25) is 9.59 Å². The van der Waals surface area contributed by atoms with E-state index in [4.69, 9.17) is 10.5 Å². The van der Waals surface area contributed by atoms with E-state index in [1.54, 1.807) is 11.8 Å². The van der Waals surface area contributed by atoms with Crippen LogP contribution in [0.15, 0.2) is 23.1 Å². The molecule has 0 fully saturated rings. The maximum absolute atomic E-state index is 11.4. The van der Waals surface area contributed by atoms with Gasteiger partial charge in [-0.25, -0.2) is 0 Å². The average molecular weight is 281 g/mol. The normalized spacial score (nSPS) is 11.9. The van der Waals surface area contributed by atoms with E-state index in [1.807, 2.05) is 6.07 Å². The zero-order chi connectivity index (χ0) is 14.4. The zero-order valence-corrected chi connectivity index (χ0v) is 12.3. The molecule has 0 saturated carbocycles. The number of hydrogen-bond acceptors (Lipinski definition) is 4. The molecule has 1 aromatic carbocycles. The Balaban J connectivity index is 2.35. The highest BCUT2D eigenvalue weighted by atomic mass is 32.2. The molecule has 1 amide bonds. The van der Waals surface area contributed by atoms with E-state index < -0.39 is 18.0 Å². The molecule has 0 spiro atoms. The summed E-state index contributed by atoms with van der Waals surface area (Å²) in [5.41, 5.74) is 7.49. The number of aryl methyl sites for hydroxylation is 2. The summed E-state index contributed by atoms with van der Waals surface area (Å²) in [4.78, 5) is 23.3. The van der Waals surface area contributed by atoms with Crippen LogP contribution in [0.25, 0.3) is 0 Å². The first kappa shape index (κ1) is 15.6. The number of hydrogen-bond donors (Lipinski definition) is 1. The lowest BCUT2D eigenvalue weighted by atomic mass is 10.1. The maximum Gasteiger partial charge on any atom is 0.307 e. The van der Waals surface area contributed by atoms with Crippen molar-refractivity contribution in [3.63, 3.8) is 0 Å². The standard InChI is InChI=1S/C14H19NO3S/c1-9-4-5-12(8-10(9)2)19-7-6-13(16)18-11(3)14(15)17/h4-5,8,11H,6-7H2,1-3H3,(H2,15,17)/t11-/m0/s1. The molecule has 0 aliphatic carbocycles. The highest BCUT2D eigenvalue weighted by molar-refractivity contribution is 7.99. The van der Waals surface area contributed by atoms with Gasteiger partial charge in [0.15, 0.2) is 6.10 Å². The lowest BCUT2D eigenvalue weighted by molar-refractivity contribution is -0.153. The van der Waals surface area contributed by atoms with Gasteiger partial charge in [-0.2, -0.15) is 0 Å². The lowest BCUT2D eigenvalue weighted by Crippen LogP contribution is -2.30. The van der Waals surface area contributed by atoms with Crippen LogP contribution in [0.5, 0.6) is 0 Å². The number of ether oxygens (including phenoxy) is 1. The summed E-state index contributed by atoms with van der Waals surface area (Å²) in [5, 5.41) is 0. The van der Waals surface area contributed by atoms with E-state index in [0.717, 1.165) is 4.90 Å². The number of carbonyl (C=O) groups excluding carboxylic acids is 2. The Morgan fingerprint density at radius 3 is 2.58 bits per heavy atom. The fourth-order valence-electron chi connectivity index (χ4n) is 1.37. The smallest absolute Gasteiger partial charge is 0.307 e. The minimum atomic E-state index is -0.862. The van der Waals surface area contributed by atoms with Crippen molar-refractivity contribution in [2.75, 3.05) is 5.75 Å². The van der Waals surface area contributed by atoms with Crippen molar-refractivity contribution in [2.24, 2.45) is 5.73 Å². The van der Waals surface area contributed by atoms with E-state index in [0.29, 0.717) is 5.75 Å². The second-order valence-electron chi connectivity index (χ2n) is 4.38. The van der Waals surface area contributed by atoms with Crippen molar-refractivity contribution in [2.45, 2.75) is 38.2 Å². The predicted molar refractivity (Wildman–Crippen MR) is 76.0 cm³/mol. The van der Waals surface area contributed by atoms with Crippen LogP contribution in [-0.2, 0) is 14.3 Å². The van der Waals surface area contributed by atoms with Gasteiger partial charge in [0, 0.05) is 10.6 Å². The molecule has 104 valence electrons. The average Bonchev–Trinajstić information content (AvgIpc) is 2.33. The molecule has 1 atom stereocenters. The van der Waals surface area contributed by atoms with Gasteiger partial charge in [-0.1, -0.05) is 6.07 Å². The minimum absolute atomic E-state index is 0.259. The van der Waals surface area contributed by atoms with Crippen molar-refractivity contribution < 1.29 is 14.3 Å². The molecule has 0 unspecified atom stereocenters. The first-order chi connectivity index (χ1) is 8.90. The molecule has 0 aliphatic rings. The van der Waals surface area contributed by atoms with Gasteiger partial charge >= 0.3 is 5.97 Å². The van der Waals surface area contributed by atoms with Crippen LogP contribution < -0.4 is 5.73 Å². The van der Waals surface area contributed by atoms with Crippen LogP contribution in [0.1, 0.15) is 24.5 Å². The minimum Gasteiger partial charge on any atom is -0.453 e. The Morgan fingerprint density at radius 2 is 2.00 bits per heavy atom. The Hall–Kier alpha value is -1.49. The molecule has 1 aromatic rings. The molecule has 1 rings (SSSR count). The topological polar surface area (TPSA) is 69.4 Å². The third-order valence-electron chi connectivity index (χ3n) is 2.76. The van der Waals surface area contributed by atoms with E-state index >= 15 is 0 Å². The largest absolute Gasteiger partial charge is 0.453 e. The molecule has 0 saturated heterocycles. The monoisotopic (exact) mass is 281 g/mol. The second-order valence-corrected chi connectivity index (χ2v) is 5.55. The van der Waals surface area contributed by atoms with Crippen LogP contribution in [0.2, 0.25) is 0 Å². The van der Waals surface area contributed by atoms with Crippen LogP contribution >= 0.6 is 11.8 Å². The summed E-state index contributed by atoms with van der Waals surface area (Å²) in [6.45, 7) is 5.59. The van der Waals surface area contributed by atoms with Crippen LogP contribution in [0.4, 0.5) is 0 Å². The van der Waals surface area contributed by atoms with Crippen LogP contribution in [0.3, 0.4) is 0 Å². The van der Waals surface area contributed by atoms with Crippen LogP contribution in [0, 0.1) is 13.8 Å². The summed E-state index contributed by atoms with van der Waals surface area (Å²) >= 11 is 1.59. The highest BCUT2D eigenvalue weighted by Crippen LogP contribution is 2.21. The van der Waals surface area contributed by atoms with E-state index in [2.05, 4.69) is 26.0 Å². The number of amides is 1. The SMILES string of the molecule is Cc1ccc(SCCC(=O)O[C@@H](C)C(N)=O)cc1C. The molecular weight excluding hydrogens is 262 g/mol. The van der Waals surface area contributed by atoms with Gasteiger partial charge in [-0.15, -0.1) is 11.8 Å². The quantitative estimate of drug-likeness (QED) is 0.641. The third kappa shape index (κ3) is 5.34.